The van der Waals surface area contributed by atoms with Crippen LogP contribution in [0.15, 0.2) is 41.4 Å². The highest BCUT2D eigenvalue weighted by Crippen LogP contribution is 2.20. The fourth-order valence-corrected chi connectivity index (χ4v) is 2.58. The molecule has 1 atom stereocenters. The number of nitrogens with zero attached hydrogens (tertiary/aromatic N) is 2. The van der Waals surface area contributed by atoms with Gasteiger partial charge < -0.3 is 5.73 Å². The van der Waals surface area contributed by atoms with Crippen LogP contribution in [0.4, 0.5) is 0 Å². The second-order valence-electron chi connectivity index (χ2n) is 4.08. The smallest absolute Gasteiger partial charge is 0.0486 e. The zero-order chi connectivity index (χ0) is 12.1. The SMILES string of the molecule is CN(Cc1ccsc1)C(CN)c1cccnc1. The fraction of sp³-hybridized carbons (Fsp3) is 0.308. The minimum Gasteiger partial charge on any atom is -0.329 e. The number of aromatic nitrogens is 1. The van der Waals surface area contributed by atoms with Gasteiger partial charge in [-0.25, -0.2) is 0 Å². The molecule has 90 valence electrons. The minimum absolute atomic E-state index is 0.226. The van der Waals surface area contributed by atoms with Crippen molar-refractivity contribution < 1.29 is 0 Å². The maximum absolute atomic E-state index is 5.87. The molecule has 2 N–H and O–H groups in total. The molecule has 0 amide bonds. The molecule has 2 heterocycles. The molecule has 0 bridgehead atoms. The Morgan fingerprint density at radius 1 is 1.47 bits per heavy atom. The molecule has 2 aromatic heterocycles. The van der Waals surface area contributed by atoms with Crippen molar-refractivity contribution in [1.82, 2.24) is 9.88 Å². The molecule has 2 aromatic rings. The molecule has 0 spiro atoms. The Morgan fingerprint density at radius 2 is 2.35 bits per heavy atom. The quantitative estimate of drug-likeness (QED) is 0.881. The molecule has 4 heteroatoms. The van der Waals surface area contributed by atoms with Gasteiger partial charge in [-0.15, -0.1) is 0 Å². The third kappa shape index (κ3) is 3.12. The Hall–Kier alpha value is -1.23. The summed E-state index contributed by atoms with van der Waals surface area (Å²) in [6, 6.07) is 6.41. The fourth-order valence-electron chi connectivity index (χ4n) is 1.92. The Bertz CT molecular complexity index is 427. The lowest BCUT2D eigenvalue weighted by Gasteiger charge is -2.26. The standard InChI is InChI=1S/C13H17N3S/c1-16(9-11-4-6-17-10-11)13(7-14)12-3-2-5-15-8-12/h2-6,8,10,13H,7,9,14H2,1H3. The summed E-state index contributed by atoms with van der Waals surface area (Å²) in [5.74, 6) is 0. The molecule has 1 unspecified atom stereocenters. The largest absolute Gasteiger partial charge is 0.329 e. The lowest BCUT2D eigenvalue weighted by Crippen LogP contribution is -2.30. The third-order valence-corrected chi connectivity index (χ3v) is 3.57. The van der Waals surface area contributed by atoms with Gasteiger partial charge in [0, 0.05) is 31.5 Å². The summed E-state index contributed by atoms with van der Waals surface area (Å²) in [7, 11) is 2.10. The van der Waals surface area contributed by atoms with Crippen LogP contribution in [-0.2, 0) is 6.54 Å². The van der Waals surface area contributed by atoms with Gasteiger partial charge in [-0.3, -0.25) is 9.88 Å². The molecule has 0 aliphatic rings. The molecular weight excluding hydrogens is 230 g/mol. The van der Waals surface area contributed by atoms with Crippen molar-refractivity contribution in [3.05, 3.63) is 52.5 Å². The maximum atomic E-state index is 5.87. The average Bonchev–Trinajstić information content (AvgIpc) is 2.84. The number of likely N-dealkylation sites (N-methyl/N-ethyl adjacent to an activating group) is 1. The summed E-state index contributed by atoms with van der Waals surface area (Å²) in [6.07, 6.45) is 3.68. The first kappa shape index (κ1) is 12.2. The zero-order valence-electron chi connectivity index (χ0n) is 9.91. The van der Waals surface area contributed by atoms with E-state index in [2.05, 4.69) is 39.8 Å². The molecular formula is C13H17N3S. The van der Waals surface area contributed by atoms with Crippen molar-refractivity contribution in [3.8, 4) is 0 Å². The maximum Gasteiger partial charge on any atom is 0.0486 e. The Morgan fingerprint density at radius 3 is 2.94 bits per heavy atom. The Kier molecular flexibility index (Phi) is 4.25. The molecule has 0 aromatic carbocycles. The molecule has 0 aliphatic heterocycles. The van der Waals surface area contributed by atoms with E-state index in [0.717, 1.165) is 6.54 Å². The molecule has 0 saturated heterocycles. The topological polar surface area (TPSA) is 42.1 Å². The van der Waals surface area contributed by atoms with E-state index in [9.17, 15) is 0 Å². The van der Waals surface area contributed by atoms with Gasteiger partial charge in [0.05, 0.1) is 0 Å². The lowest BCUT2D eigenvalue weighted by atomic mass is 10.1. The average molecular weight is 247 g/mol. The van der Waals surface area contributed by atoms with E-state index in [0.29, 0.717) is 6.54 Å². The summed E-state index contributed by atoms with van der Waals surface area (Å²) in [4.78, 5) is 6.42. The highest BCUT2D eigenvalue weighted by Gasteiger charge is 2.15. The predicted molar refractivity (Wildman–Crippen MR) is 71.8 cm³/mol. The number of hydrogen-bond donors (Lipinski definition) is 1. The molecule has 0 saturated carbocycles. The first-order valence-electron chi connectivity index (χ1n) is 5.62. The van der Waals surface area contributed by atoms with Crippen molar-refractivity contribution >= 4 is 11.3 Å². The number of thiophene rings is 1. The van der Waals surface area contributed by atoms with Crippen LogP contribution in [0.2, 0.25) is 0 Å². The van der Waals surface area contributed by atoms with Crippen molar-refractivity contribution in [2.45, 2.75) is 12.6 Å². The summed E-state index contributed by atoms with van der Waals surface area (Å²) in [5, 5.41) is 4.28. The number of hydrogen-bond acceptors (Lipinski definition) is 4. The van der Waals surface area contributed by atoms with Gasteiger partial charge >= 0.3 is 0 Å². The Labute approximate surface area is 106 Å². The van der Waals surface area contributed by atoms with Crippen LogP contribution in [0.5, 0.6) is 0 Å². The van der Waals surface area contributed by atoms with Gasteiger partial charge in [-0.1, -0.05) is 6.07 Å². The van der Waals surface area contributed by atoms with E-state index < -0.39 is 0 Å². The van der Waals surface area contributed by atoms with Gasteiger partial charge in [-0.2, -0.15) is 11.3 Å². The van der Waals surface area contributed by atoms with E-state index in [1.807, 2.05) is 12.3 Å². The first-order valence-corrected chi connectivity index (χ1v) is 6.57. The van der Waals surface area contributed by atoms with Crippen molar-refractivity contribution in [1.29, 1.82) is 0 Å². The summed E-state index contributed by atoms with van der Waals surface area (Å²) in [5.41, 5.74) is 8.37. The normalized spacial score (nSPS) is 12.9. The Balaban J connectivity index is 2.08. The zero-order valence-corrected chi connectivity index (χ0v) is 10.7. The number of pyridine rings is 1. The number of rotatable bonds is 5. The highest BCUT2D eigenvalue weighted by molar-refractivity contribution is 7.07. The van der Waals surface area contributed by atoms with Crippen molar-refractivity contribution in [2.75, 3.05) is 13.6 Å². The monoisotopic (exact) mass is 247 g/mol. The van der Waals surface area contributed by atoms with Gasteiger partial charge in [0.25, 0.3) is 0 Å². The second-order valence-corrected chi connectivity index (χ2v) is 4.86. The molecule has 0 aliphatic carbocycles. The molecule has 3 nitrogen and oxygen atoms in total. The van der Waals surface area contributed by atoms with E-state index in [1.54, 1.807) is 17.5 Å². The summed E-state index contributed by atoms with van der Waals surface area (Å²) in [6.45, 7) is 1.52. The van der Waals surface area contributed by atoms with Crippen LogP contribution in [0.25, 0.3) is 0 Å². The van der Waals surface area contributed by atoms with Gasteiger partial charge in [-0.05, 0) is 41.1 Å². The highest BCUT2D eigenvalue weighted by atomic mass is 32.1. The van der Waals surface area contributed by atoms with Crippen LogP contribution < -0.4 is 5.73 Å². The molecule has 17 heavy (non-hydrogen) atoms. The van der Waals surface area contributed by atoms with Crippen LogP contribution in [-0.4, -0.2) is 23.5 Å². The van der Waals surface area contributed by atoms with Crippen LogP contribution >= 0.6 is 11.3 Å². The van der Waals surface area contributed by atoms with Crippen molar-refractivity contribution in [2.24, 2.45) is 5.73 Å². The van der Waals surface area contributed by atoms with Gasteiger partial charge in [0.2, 0.25) is 0 Å². The third-order valence-electron chi connectivity index (χ3n) is 2.84. The van der Waals surface area contributed by atoms with E-state index in [4.69, 9.17) is 5.73 Å². The van der Waals surface area contributed by atoms with Gasteiger partial charge in [0.1, 0.15) is 0 Å². The van der Waals surface area contributed by atoms with E-state index in [1.165, 1.54) is 11.1 Å². The minimum atomic E-state index is 0.226. The van der Waals surface area contributed by atoms with Gasteiger partial charge in [0.15, 0.2) is 0 Å². The summed E-state index contributed by atoms with van der Waals surface area (Å²) >= 11 is 1.73. The molecule has 2 rings (SSSR count). The van der Waals surface area contributed by atoms with Crippen LogP contribution in [0.1, 0.15) is 17.2 Å². The molecule has 0 radical (unpaired) electrons. The second kappa shape index (κ2) is 5.91. The van der Waals surface area contributed by atoms with Crippen LogP contribution in [0.3, 0.4) is 0 Å². The number of nitrogens with two attached hydrogens (primary N) is 1. The van der Waals surface area contributed by atoms with E-state index in [-0.39, 0.29) is 6.04 Å². The first-order chi connectivity index (χ1) is 8.31. The van der Waals surface area contributed by atoms with Crippen molar-refractivity contribution in [3.63, 3.8) is 0 Å². The predicted octanol–water partition coefficient (Wildman–Crippen LogP) is 2.27. The molecule has 0 fully saturated rings. The lowest BCUT2D eigenvalue weighted by molar-refractivity contribution is 0.241. The van der Waals surface area contributed by atoms with E-state index >= 15 is 0 Å². The summed E-state index contributed by atoms with van der Waals surface area (Å²) < 4.78 is 0. The van der Waals surface area contributed by atoms with Crippen LogP contribution in [0, 0.1) is 0 Å².